The molecule has 1 aliphatic rings. The van der Waals surface area contributed by atoms with Crippen LogP contribution in [0.4, 0.5) is 13.2 Å². The Hall–Kier alpha value is -3.22. The lowest BCUT2D eigenvalue weighted by atomic mass is 9.97. The van der Waals surface area contributed by atoms with Gasteiger partial charge in [0.05, 0.1) is 11.3 Å². The van der Waals surface area contributed by atoms with E-state index in [1.54, 1.807) is 24.5 Å². The maximum absolute atomic E-state index is 12.8. The fourth-order valence-corrected chi connectivity index (χ4v) is 2.88. The highest BCUT2D eigenvalue weighted by Crippen LogP contribution is 2.31. The predicted molar refractivity (Wildman–Crippen MR) is 101 cm³/mol. The third kappa shape index (κ3) is 4.73. The molecule has 0 unspecified atom stereocenters. The highest BCUT2D eigenvalue weighted by Gasteiger charge is 2.30. The Bertz CT molecular complexity index is 944. The van der Waals surface area contributed by atoms with E-state index in [-0.39, 0.29) is 5.71 Å². The van der Waals surface area contributed by atoms with Crippen molar-refractivity contribution >= 4 is 23.0 Å². The minimum Gasteiger partial charge on any atom is -0.477 e. The van der Waals surface area contributed by atoms with Crippen LogP contribution in [0.15, 0.2) is 65.9 Å². The van der Waals surface area contributed by atoms with Gasteiger partial charge in [-0.15, -0.1) is 0 Å². The second-order valence-corrected chi connectivity index (χ2v) is 6.27. The Morgan fingerprint density at radius 1 is 1.07 bits per heavy atom. The predicted octanol–water partition coefficient (Wildman–Crippen LogP) is 5.23. The normalized spacial score (nSPS) is 21.0. The number of aliphatic carboxylic acids is 1. The summed E-state index contributed by atoms with van der Waals surface area (Å²) in [6.07, 6.45) is 3.97. The van der Waals surface area contributed by atoms with Crippen LogP contribution in [-0.4, -0.2) is 21.8 Å². The van der Waals surface area contributed by atoms with E-state index < -0.39 is 17.7 Å². The zero-order chi connectivity index (χ0) is 20.1. The lowest BCUT2D eigenvalue weighted by Gasteiger charge is -2.10. The number of aliphatic imine (C=N–C) groups is 1. The Morgan fingerprint density at radius 2 is 1.82 bits per heavy atom. The van der Waals surface area contributed by atoms with Gasteiger partial charge in [0, 0.05) is 18.0 Å². The summed E-state index contributed by atoms with van der Waals surface area (Å²) >= 11 is 0. The summed E-state index contributed by atoms with van der Waals surface area (Å²) in [5, 5.41) is 9.56. The summed E-state index contributed by atoms with van der Waals surface area (Å²) in [7, 11) is 0. The van der Waals surface area contributed by atoms with Crippen LogP contribution in [0.5, 0.6) is 0 Å². The molecular weight excluding hydrogens is 369 g/mol. The molecule has 0 fully saturated rings. The van der Waals surface area contributed by atoms with Crippen LogP contribution in [0, 0.1) is 0 Å². The molecule has 0 amide bonds. The molecule has 0 atom stereocenters. The molecule has 144 valence electrons. The van der Waals surface area contributed by atoms with Crippen LogP contribution in [0.1, 0.15) is 36.0 Å². The van der Waals surface area contributed by atoms with E-state index in [1.807, 2.05) is 6.08 Å². The van der Waals surface area contributed by atoms with Crippen molar-refractivity contribution in [2.75, 3.05) is 0 Å². The average molecular weight is 386 g/mol. The number of rotatable bonds is 3. The van der Waals surface area contributed by atoms with E-state index in [0.29, 0.717) is 41.7 Å². The van der Waals surface area contributed by atoms with Crippen molar-refractivity contribution in [1.29, 1.82) is 0 Å². The number of halogens is 3. The number of aromatic nitrogens is 1. The van der Waals surface area contributed by atoms with Gasteiger partial charge in [0.25, 0.3) is 0 Å². The SMILES string of the molecule is O=C(O)C1=N/C(c2cccnc2)=C\CCC/C(c2ccc(C(F)(F)F)cc2)=C\1. The maximum Gasteiger partial charge on any atom is 0.416 e. The standard InChI is InChI=1S/C21H17F3N2O2/c22-21(23,24)17-9-7-14(8-10-17)15-4-1-2-6-18(16-5-3-11-25-13-16)26-19(12-15)20(27)28/h3,5-13H,1-2,4H2,(H,27,28)/b15-12+,18-6-,26-19+. The van der Waals surface area contributed by atoms with Crippen molar-refractivity contribution < 1.29 is 23.1 Å². The third-order valence-corrected chi connectivity index (χ3v) is 4.30. The first-order valence-electron chi connectivity index (χ1n) is 8.65. The first-order chi connectivity index (χ1) is 13.3. The number of alkyl halides is 3. The minimum atomic E-state index is -4.42. The fraction of sp³-hybridized carbons (Fsp3) is 0.190. The fourth-order valence-electron chi connectivity index (χ4n) is 2.88. The number of benzene rings is 1. The summed E-state index contributed by atoms with van der Waals surface area (Å²) in [6, 6.07) is 8.25. The molecule has 1 N–H and O–H groups in total. The van der Waals surface area contributed by atoms with Gasteiger partial charge in [0.2, 0.25) is 0 Å². The summed E-state index contributed by atoms with van der Waals surface area (Å²) in [5.41, 5.74) is 1.48. The summed E-state index contributed by atoms with van der Waals surface area (Å²) < 4.78 is 38.3. The van der Waals surface area contributed by atoms with Crippen LogP contribution < -0.4 is 0 Å². The van der Waals surface area contributed by atoms with Gasteiger partial charge in [-0.25, -0.2) is 9.79 Å². The molecule has 4 nitrogen and oxygen atoms in total. The molecule has 0 spiro atoms. The van der Waals surface area contributed by atoms with E-state index in [9.17, 15) is 23.1 Å². The Kier molecular flexibility index (Phi) is 5.73. The molecule has 0 bridgehead atoms. The number of carbonyl (C=O) groups is 1. The molecule has 2 aromatic rings. The molecule has 0 radical (unpaired) electrons. The lowest BCUT2D eigenvalue weighted by Crippen LogP contribution is -2.11. The van der Waals surface area contributed by atoms with E-state index >= 15 is 0 Å². The van der Waals surface area contributed by atoms with Gasteiger partial charge in [-0.05, 0) is 60.7 Å². The number of pyridine rings is 1. The summed E-state index contributed by atoms with van der Waals surface area (Å²) in [5.74, 6) is -1.21. The molecule has 1 aromatic carbocycles. The van der Waals surface area contributed by atoms with Crippen LogP contribution in [0.3, 0.4) is 0 Å². The molecular formula is C21H17F3N2O2. The molecule has 28 heavy (non-hydrogen) atoms. The highest BCUT2D eigenvalue weighted by atomic mass is 19.4. The number of nitrogens with zero attached hydrogens (tertiary/aromatic N) is 2. The molecule has 0 aliphatic carbocycles. The van der Waals surface area contributed by atoms with Crippen molar-refractivity contribution in [2.24, 2.45) is 4.99 Å². The zero-order valence-electron chi connectivity index (χ0n) is 14.8. The number of carboxylic acid groups (broad SMARTS) is 1. The van der Waals surface area contributed by atoms with Crippen molar-refractivity contribution in [3.8, 4) is 0 Å². The maximum atomic E-state index is 12.8. The van der Waals surface area contributed by atoms with Crippen LogP contribution in [0.2, 0.25) is 0 Å². The topological polar surface area (TPSA) is 62.5 Å². The van der Waals surface area contributed by atoms with Crippen LogP contribution in [0.25, 0.3) is 11.3 Å². The van der Waals surface area contributed by atoms with Gasteiger partial charge < -0.3 is 5.11 Å². The quantitative estimate of drug-likeness (QED) is 0.785. The van der Waals surface area contributed by atoms with Gasteiger partial charge >= 0.3 is 12.1 Å². The van der Waals surface area contributed by atoms with E-state index in [2.05, 4.69) is 9.98 Å². The Morgan fingerprint density at radius 3 is 2.43 bits per heavy atom. The largest absolute Gasteiger partial charge is 0.477 e. The third-order valence-electron chi connectivity index (χ3n) is 4.30. The van der Waals surface area contributed by atoms with Crippen molar-refractivity contribution in [3.63, 3.8) is 0 Å². The van der Waals surface area contributed by atoms with Gasteiger partial charge in [-0.1, -0.05) is 18.2 Å². The van der Waals surface area contributed by atoms with E-state index in [4.69, 9.17) is 0 Å². The first-order valence-corrected chi connectivity index (χ1v) is 8.65. The molecule has 0 saturated heterocycles. The average Bonchev–Trinajstić information content (AvgIpc) is 2.78. The van der Waals surface area contributed by atoms with Crippen molar-refractivity contribution in [1.82, 2.24) is 4.98 Å². The molecule has 2 heterocycles. The molecule has 0 saturated carbocycles. The van der Waals surface area contributed by atoms with Gasteiger partial charge in [0.15, 0.2) is 0 Å². The second-order valence-electron chi connectivity index (χ2n) is 6.27. The first kappa shape index (κ1) is 19.5. The van der Waals surface area contributed by atoms with E-state index in [1.165, 1.54) is 18.2 Å². The monoisotopic (exact) mass is 386 g/mol. The molecule has 1 aromatic heterocycles. The van der Waals surface area contributed by atoms with E-state index in [0.717, 1.165) is 12.1 Å². The van der Waals surface area contributed by atoms with Crippen molar-refractivity contribution in [3.05, 3.63) is 77.6 Å². The number of hydrogen-bond donors (Lipinski definition) is 1. The van der Waals surface area contributed by atoms with Crippen LogP contribution in [-0.2, 0) is 11.0 Å². The number of hydrogen-bond acceptors (Lipinski definition) is 3. The van der Waals surface area contributed by atoms with Gasteiger partial charge in [0.1, 0.15) is 5.71 Å². The number of allylic oxidation sites excluding steroid dienone is 2. The number of carboxylic acids is 1. The Balaban J connectivity index is 2.01. The molecule has 3 rings (SSSR count). The minimum absolute atomic E-state index is 0.174. The molecule has 1 aliphatic heterocycles. The summed E-state index contributed by atoms with van der Waals surface area (Å²) in [4.78, 5) is 20.0. The summed E-state index contributed by atoms with van der Waals surface area (Å²) in [6.45, 7) is 0. The highest BCUT2D eigenvalue weighted by molar-refractivity contribution is 6.42. The second kappa shape index (κ2) is 8.21. The zero-order valence-corrected chi connectivity index (χ0v) is 14.8. The smallest absolute Gasteiger partial charge is 0.416 e. The van der Waals surface area contributed by atoms with Gasteiger partial charge in [-0.3, -0.25) is 4.98 Å². The Labute approximate surface area is 159 Å². The van der Waals surface area contributed by atoms with Crippen molar-refractivity contribution in [2.45, 2.75) is 25.4 Å². The van der Waals surface area contributed by atoms with Gasteiger partial charge in [-0.2, -0.15) is 13.2 Å². The van der Waals surface area contributed by atoms with Crippen LogP contribution >= 0.6 is 0 Å². The molecule has 7 heteroatoms. The lowest BCUT2D eigenvalue weighted by molar-refractivity contribution is -0.137.